The van der Waals surface area contributed by atoms with E-state index >= 15 is 0 Å². The molecule has 0 amide bonds. The van der Waals surface area contributed by atoms with Gasteiger partial charge in [-0.3, -0.25) is 9.36 Å². The Hall–Kier alpha value is -0.960. The number of carbonyl (C=O) groups is 1. The standard InChI is InChI=1S/C9H11O4P/c1-7(10)9-4-2-8(3-5-9)6-14(11,12)13/h2-5H,6H2,1H3,(H2,11,12,13). The molecule has 0 radical (unpaired) electrons. The van der Waals surface area contributed by atoms with Crippen molar-refractivity contribution in [1.29, 1.82) is 0 Å². The van der Waals surface area contributed by atoms with E-state index in [0.717, 1.165) is 0 Å². The van der Waals surface area contributed by atoms with E-state index in [1.54, 1.807) is 24.3 Å². The largest absolute Gasteiger partial charge is 0.329 e. The summed E-state index contributed by atoms with van der Waals surface area (Å²) in [6, 6.07) is 6.23. The van der Waals surface area contributed by atoms with Crippen molar-refractivity contribution in [3.63, 3.8) is 0 Å². The van der Waals surface area contributed by atoms with Crippen LogP contribution in [0.1, 0.15) is 22.8 Å². The molecule has 0 aliphatic rings. The summed E-state index contributed by atoms with van der Waals surface area (Å²) < 4.78 is 10.6. The maximum absolute atomic E-state index is 10.9. The summed E-state index contributed by atoms with van der Waals surface area (Å²) in [6.07, 6.45) is -0.287. The number of ketones is 1. The third-order valence-electron chi connectivity index (χ3n) is 1.75. The molecule has 1 aromatic carbocycles. The second-order valence-corrected chi connectivity index (χ2v) is 4.72. The van der Waals surface area contributed by atoms with E-state index in [0.29, 0.717) is 11.1 Å². The number of benzene rings is 1. The SMILES string of the molecule is CC(=O)c1ccc(CP(=O)(O)O)cc1. The summed E-state index contributed by atoms with van der Waals surface area (Å²) in [6.45, 7) is 1.44. The van der Waals surface area contributed by atoms with Crippen LogP contribution in [0.25, 0.3) is 0 Å². The Morgan fingerprint density at radius 3 is 2.14 bits per heavy atom. The fraction of sp³-hybridized carbons (Fsp3) is 0.222. The Kier molecular flexibility index (Phi) is 3.21. The first-order valence-electron chi connectivity index (χ1n) is 4.03. The second-order valence-electron chi connectivity index (χ2n) is 3.08. The van der Waals surface area contributed by atoms with Gasteiger partial charge in [-0.1, -0.05) is 24.3 Å². The Morgan fingerprint density at radius 1 is 1.29 bits per heavy atom. The lowest BCUT2D eigenvalue weighted by molar-refractivity contribution is 0.101. The van der Waals surface area contributed by atoms with Gasteiger partial charge in [0.25, 0.3) is 0 Å². The molecule has 0 unspecified atom stereocenters. The monoisotopic (exact) mass is 214 g/mol. The predicted molar refractivity (Wildman–Crippen MR) is 52.2 cm³/mol. The first-order valence-corrected chi connectivity index (χ1v) is 5.83. The molecule has 1 rings (SSSR count). The minimum atomic E-state index is -4.01. The van der Waals surface area contributed by atoms with Gasteiger partial charge in [-0.2, -0.15) is 0 Å². The summed E-state index contributed by atoms with van der Waals surface area (Å²) >= 11 is 0. The number of hydrogen-bond acceptors (Lipinski definition) is 2. The van der Waals surface area contributed by atoms with E-state index in [1.165, 1.54) is 6.92 Å². The molecule has 0 aromatic heterocycles. The van der Waals surface area contributed by atoms with Crippen molar-refractivity contribution < 1.29 is 19.1 Å². The van der Waals surface area contributed by atoms with Crippen molar-refractivity contribution in [2.24, 2.45) is 0 Å². The highest BCUT2D eigenvalue weighted by atomic mass is 31.2. The lowest BCUT2D eigenvalue weighted by atomic mass is 10.1. The van der Waals surface area contributed by atoms with Gasteiger partial charge in [-0.25, -0.2) is 0 Å². The van der Waals surface area contributed by atoms with E-state index in [4.69, 9.17) is 9.79 Å². The minimum Gasteiger partial charge on any atom is -0.324 e. The van der Waals surface area contributed by atoms with Gasteiger partial charge in [0.2, 0.25) is 0 Å². The Bertz CT molecular complexity index is 376. The molecule has 0 bridgehead atoms. The van der Waals surface area contributed by atoms with Crippen molar-refractivity contribution in [1.82, 2.24) is 0 Å². The maximum atomic E-state index is 10.9. The van der Waals surface area contributed by atoms with Crippen molar-refractivity contribution in [2.75, 3.05) is 0 Å². The molecule has 0 heterocycles. The van der Waals surface area contributed by atoms with Crippen LogP contribution in [-0.2, 0) is 10.7 Å². The average Bonchev–Trinajstić information content (AvgIpc) is 2.02. The molecule has 0 saturated heterocycles. The third-order valence-corrected chi connectivity index (χ3v) is 2.53. The van der Waals surface area contributed by atoms with Crippen molar-refractivity contribution >= 4 is 13.4 Å². The summed E-state index contributed by atoms with van der Waals surface area (Å²) in [5, 5.41) is 0. The molecule has 2 N–H and O–H groups in total. The number of rotatable bonds is 3. The molecular weight excluding hydrogens is 203 g/mol. The smallest absolute Gasteiger partial charge is 0.324 e. The van der Waals surface area contributed by atoms with Crippen LogP contribution in [0.2, 0.25) is 0 Å². The van der Waals surface area contributed by atoms with Crippen molar-refractivity contribution in [3.05, 3.63) is 35.4 Å². The molecule has 76 valence electrons. The molecule has 1 aromatic rings. The van der Waals surface area contributed by atoms with Crippen LogP contribution in [0.4, 0.5) is 0 Å². The van der Waals surface area contributed by atoms with E-state index in [-0.39, 0.29) is 11.9 Å². The molecular formula is C9H11O4P. The van der Waals surface area contributed by atoms with Gasteiger partial charge in [0, 0.05) is 5.56 Å². The Balaban J connectivity index is 2.84. The van der Waals surface area contributed by atoms with E-state index < -0.39 is 7.60 Å². The second kappa shape index (κ2) is 4.05. The summed E-state index contributed by atoms with van der Waals surface area (Å²) in [4.78, 5) is 28.3. The number of carbonyl (C=O) groups excluding carboxylic acids is 1. The van der Waals surface area contributed by atoms with Crippen LogP contribution < -0.4 is 0 Å². The molecule has 0 spiro atoms. The highest BCUT2D eigenvalue weighted by Crippen LogP contribution is 2.38. The van der Waals surface area contributed by atoms with Crippen LogP contribution >= 0.6 is 7.60 Å². The molecule has 5 heteroatoms. The van der Waals surface area contributed by atoms with Crippen molar-refractivity contribution in [3.8, 4) is 0 Å². The van der Waals surface area contributed by atoms with Crippen molar-refractivity contribution in [2.45, 2.75) is 13.1 Å². The fourth-order valence-electron chi connectivity index (χ4n) is 1.08. The highest BCUT2D eigenvalue weighted by Gasteiger charge is 2.13. The van der Waals surface area contributed by atoms with Gasteiger partial charge in [0.05, 0.1) is 6.16 Å². The predicted octanol–water partition coefficient (Wildman–Crippen LogP) is 1.57. The Labute approximate surface area is 81.7 Å². The summed E-state index contributed by atoms with van der Waals surface area (Å²) in [5.74, 6) is -0.0623. The average molecular weight is 214 g/mol. The molecule has 14 heavy (non-hydrogen) atoms. The van der Waals surface area contributed by atoms with Gasteiger partial charge in [0.15, 0.2) is 5.78 Å². The van der Waals surface area contributed by atoms with Crippen LogP contribution in [0.5, 0.6) is 0 Å². The van der Waals surface area contributed by atoms with Gasteiger partial charge in [-0.05, 0) is 12.5 Å². The van der Waals surface area contributed by atoms with Crippen LogP contribution in [0, 0.1) is 0 Å². The highest BCUT2D eigenvalue weighted by molar-refractivity contribution is 7.50. The molecule has 0 aliphatic heterocycles. The number of hydrogen-bond donors (Lipinski definition) is 2. The van der Waals surface area contributed by atoms with E-state index in [9.17, 15) is 9.36 Å². The molecule has 0 aliphatic carbocycles. The number of Topliss-reactive ketones (excluding diaryl/α,β-unsaturated/α-hetero) is 1. The molecule has 0 fully saturated rings. The summed E-state index contributed by atoms with van der Waals surface area (Å²) in [5.41, 5.74) is 1.07. The summed E-state index contributed by atoms with van der Waals surface area (Å²) in [7, 11) is -4.01. The zero-order valence-corrected chi connectivity index (χ0v) is 8.57. The first kappa shape index (κ1) is 11.1. The zero-order chi connectivity index (χ0) is 10.8. The first-order chi connectivity index (χ1) is 6.38. The van der Waals surface area contributed by atoms with Gasteiger partial charge in [0.1, 0.15) is 0 Å². The molecule has 4 nitrogen and oxygen atoms in total. The lowest BCUT2D eigenvalue weighted by Crippen LogP contribution is -1.93. The van der Waals surface area contributed by atoms with E-state index in [2.05, 4.69) is 0 Å². The van der Waals surface area contributed by atoms with Crippen LogP contribution in [0.3, 0.4) is 0 Å². The lowest BCUT2D eigenvalue weighted by Gasteiger charge is -2.03. The fourth-order valence-corrected chi connectivity index (χ4v) is 1.77. The van der Waals surface area contributed by atoms with Crippen LogP contribution in [-0.4, -0.2) is 15.6 Å². The quantitative estimate of drug-likeness (QED) is 0.591. The van der Waals surface area contributed by atoms with Gasteiger partial charge < -0.3 is 9.79 Å². The Morgan fingerprint density at radius 2 is 1.79 bits per heavy atom. The van der Waals surface area contributed by atoms with Crippen LogP contribution in [0.15, 0.2) is 24.3 Å². The normalized spacial score (nSPS) is 11.4. The zero-order valence-electron chi connectivity index (χ0n) is 7.67. The van der Waals surface area contributed by atoms with E-state index in [1.807, 2.05) is 0 Å². The van der Waals surface area contributed by atoms with Gasteiger partial charge >= 0.3 is 7.60 Å². The topological polar surface area (TPSA) is 74.6 Å². The van der Waals surface area contributed by atoms with Gasteiger partial charge in [-0.15, -0.1) is 0 Å². The minimum absolute atomic E-state index is 0.0623. The third kappa shape index (κ3) is 3.42. The molecule has 0 saturated carbocycles. The molecule has 0 atom stereocenters. The maximum Gasteiger partial charge on any atom is 0.329 e.